The number of rotatable bonds is 4. The molecule has 2 heterocycles. The van der Waals surface area contributed by atoms with E-state index in [-0.39, 0.29) is 11.2 Å². The Morgan fingerprint density at radius 3 is 2.25 bits per heavy atom. The zero-order valence-electron chi connectivity index (χ0n) is 14.2. The predicted octanol–water partition coefficient (Wildman–Crippen LogP) is 3.05. The molecule has 3 nitrogen and oxygen atoms in total. The van der Waals surface area contributed by atoms with E-state index in [9.17, 15) is 0 Å². The summed E-state index contributed by atoms with van der Waals surface area (Å²) < 4.78 is 6.22. The van der Waals surface area contributed by atoms with Gasteiger partial charge in [0.05, 0.1) is 11.2 Å². The molecule has 1 atom stereocenters. The van der Waals surface area contributed by atoms with E-state index in [1.54, 1.807) is 0 Å². The number of hydrogen-bond donors (Lipinski definition) is 1. The van der Waals surface area contributed by atoms with Crippen molar-refractivity contribution in [3.63, 3.8) is 0 Å². The van der Waals surface area contributed by atoms with Gasteiger partial charge in [-0.05, 0) is 58.9 Å². The molecule has 118 valence electrons. The van der Waals surface area contributed by atoms with E-state index in [2.05, 4.69) is 44.8 Å². The summed E-state index contributed by atoms with van der Waals surface area (Å²) in [4.78, 5) is 2.66. The molecule has 20 heavy (non-hydrogen) atoms. The first-order chi connectivity index (χ1) is 9.26. The van der Waals surface area contributed by atoms with Crippen molar-refractivity contribution in [1.82, 2.24) is 10.2 Å². The molecule has 2 aliphatic rings. The van der Waals surface area contributed by atoms with Crippen LogP contribution in [0.5, 0.6) is 0 Å². The largest absolute Gasteiger partial charge is 0.367 e. The van der Waals surface area contributed by atoms with Crippen LogP contribution in [0.25, 0.3) is 0 Å². The van der Waals surface area contributed by atoms with Gasteiger partial charge in [-0.3, -0.25) is 4.90 Å². The van der Waals surface area contributed by atoms with Crippen molar-refractivity contribution in [2.24, 2.45) is 5.41 Å². The van der Waals surface area contributed by atoms with Gasteiger partial charge in [-0.1, -0.05) is 13.3 Å². The van der Waals surface area contributed by atoms with Gasteiger partial charge in [0.2, 0.25) is 0 Å². The molecule has 0 amide bonds. The van der Waals surface area contributed by atoms with E-state index in [0.717, 1.165) is 13.1 Å². The van der Waals surface area contributed by atoms with Crippen LogP contribution in [0.3, 0.4) is 0 Å². The summed E-state index contributed by atoms with van der Waals surface area (Å²) in [6.07, 6.45) is 5.35. The van der Waals surface area contributed by atoms with Crippen LogP contribution in [0.4, 0.5) is 0 Å². The number of hydrogen-bond acceptors (Lipinski definition) is 3. The van der Waals surface area contributed by atoms with Crippen molar-refractivity contribution >= 4 is 0 Å². The highest BCUT2D eigenvalue weighted by molar-refractivity contribution is 4.94. The fraction of sp³-hybridized carbons (Fsp3) is 1.00. The summed E-state index contributed by atoms with van der Waals surface area (Å²) in [6.45, 7) is 17.0. The quantitative estimate of drug-likeness (QED) is 0.858. The number of morpholine rings is 1. The smallest absolute Gasteiger partial charge is 0.0760 e. The van der Waals surface area contributed by atoms with Crippen molar-refractivity contribution in [1.29, 1.82) is 0 Å². The summed E-state index contributed by atoms with van der Waals surface area (Å²) in [6, 6.07) is 0. The number of nitrogens with zero attached hydrogens (tertiary/aromatic N) is 1. The highest BCUT2D eigenvalue weighted by Crippen LogP contribution is 2.36. The molecule has 0 aromatic carbocycles. The molecule has 1 N–H and O–H groups in total. The first-order valence-electron chi connectivity index (χ1n) is 8.39. The lowest BCUT2D eigenvalue weighted by atomic mass is 9.76. The second-order valence-corrected chi connectivity index (χ2v) is 8.30. The van der Waals surface area contributed by atoms with Gasteiger partial charge >= 0.3 is 0 Å². The summed E-state index contributed by atoms with van der Waals surface area (Å²) in [5, 5.41) is 3.63. The minimum Gasteiger partial charge on any atom is -0.367 e. The molecule has 3 heteroatoms. The van der Waals surface area contributed by atoms with Crippen LogP contribution in [-0.2, 0) is 4.74 Å². The van der Waals surface area contributed by atoms with E-state index in [0.29, 0.717) is 5.41 Å². The van der Waals surface area contributed by atoms with Crippen molar-refractivity contribution in [2.45, 2.75) is 71.5 Å². The van der Waals surface area contributed by atoms with Crippen LogP contribution >= 0.6 is 0 Å². The van der Waals surface area contributed by atoms with E-state index in [4.69, 9.17) is 4.74 Å². The molecule has 0 radical (unpaired) electrons. The average molecular weight is 282 g/mol. The lowest BCUT2D eigenvalue weighted by molar-refractivity contribution is -0.185. The van der Waals surface area contributed by atoms with Crippen molar-refractivity contribution in [3.05, 3.63) is 0 Å². The monoisotopic (exact) mass is 282 g/mol. The van der Waals surface area contributed by atoms with Crippen LogP contribution in [0.1, 0.15) is 60.3 Å². The molecule has 2 fully saturated rings. The molecule has 0 aromatic heterocycles. The maximum absolute atomic E-state index is 6.22. The molecule has 2 rings (SSSR count). The normalized spacial score (nSPS) is 34.0. The summed E-state index contributed by atoms with van der Waals surface area (Å²) in [5.41, 5.74) is 0.422. The Balaban J connectivity index is 2.05. The summed E-state index contributed by atoms with van der Waals surface area (Å²) in [5.74, 6) is 0. The highest BCUT2D eigenvalue weighted by atomic mass is 16.5. The van der Waals surface area contributed by atoms with Crippen LogP contribution in [0, 0.1) is 5.41 Å². The van der Waals surface area contributed by atoms with Crippen LogP contribution in [0.2, 0.25) is 0 Å². The van der Waals surface area contributed by atoms with Gasteiger partial charge < -0.3 is 10.1 Å². The Morgan fingerprint density at radius 1 is 1.10 bits per heavy atom. The highest BCUT2D eigenvalue weighted by Gasteiger charge is 2.41. The van der Waals surface area contributed by atoms with Crippen molar-refractivity contribution in [3.8, 4) is 0 Å². The molecule has 0 bridgehead atoms. The van der Waals surface area contributed by atoms with Crippen molar-refractivity contribution in [2.75, 3.05) is 32.7 Å². The molecular formula is C17H34N2O. The lowest BCUT2D eigenvalue weighted by Gasteiger charge is -2.50. The van der Waals surface area contributed by atoms with E-state index in [1.807, 2.05) is 0 Å². The maximum atomic E-state index is 6.22. The van der Waals surface area contributed by atoms with Gasteiger partial charge in [0.15, 0.2) is 0 Å². The van der Waals surface area contributed by atoms with Gasteiger partial charge in [-0.2, -0.15) is 0 Å². The molecule has 1 unspecified atom stereocenters. The Bertz CT molecular complexity index is 297. The molecule has 2 aliphatic heterocycles. The third-order valence-corrected chi connectivity index (χ3v) is 4.66. The summed E-state index contributed by atoms with van der Waals surface area (Å²) in [7, 11) is 0. The van der Waals surface area contributed by atoms with Gasteiger partial charge in [-0.25, -0.2) is 0 Å². The fourth-order valence-electron chi connectivity index (χ4n) is 4.52. The molecule has 0 saturated carbocycles. The van der Waals surface area contributed by atoms with Gasteiger partial charge in [0, 0.05) is 26.2 Å². The molecular weight excluding hydrogens is 248 g/mol. The second-order valence-electron chi connectivity index (χ2n) is 8.30. The zero-order chi connectivity index (χ0) is 14.9. The van der Waals surface area contributed by atoms with Gasteiger partial charge in [-0.15, -0.1) is 0 Å². The first kappa shape index (κ1) is 16.3. The Kier molecular flexibility index (Phi) is 4.83. The Morgan fingerprint density at radius 2 is 1.75 bits per heavy atom. The van der Waals surface area contributed by atoms with Crippen LogP contribution in [0.15, 0.2) is 0 Å². The third-order valence-electron chi connectivity index (χ3n) is 4.66. The van der Waals surface area contributed by atoms with Gasteiger partial charge in [0.25, 0.3) is 0 Å². The SMILES string of the molecule is CCCC1(CN2CC(C)(C)OC(C)(C)C2)CCCNC1. The molecule has 0 aliphatic carbocycles. The average Bonchev–Trinajstić information content (AvgIpc) is 2.25. The van der Waals surface area contributed by atoms with E-state index in [1.165, 1.54) is 45.3 Å². The van der Waals surface area contributed by atoms with E-state index >= 15 is 0 Å². The standard InChI is InChI=1S/C17H34N2O/c1-6-8-17(9-7-10-18-11-17)14-19-12-15(2,3)20-16(4,5)13-19/h18H,6-14H2,1-5H3. The number of nitrogens with one attached hydrogen (secondary N) is 1. The number of piperidine rings is 1. The molecule has 2 saturated heterocycles. The topological polar surface area (TPSA) is 24.5 Å². The second kappa shape index (κ2) is 5.94. The first-order valence-corrected chi connectivity index (χ1v) is 8.39. The van der Waals surface area contributed by atoms with Crippen LogP contribution < -0.4 is 5.32 Å². The Labute approximate surface area is 125 Å². The zero-order valence-corrected chi connectivity index (χ0v) is 14.2. The third kappa shape index (κ3) is 4.19. The predicted molar refractivity (Wildman–Crippen MR) is 85.1 cm³/mol. The fourth-order valence-corrected chi connectivity index (χ4v) is 4.52. The maximum Gasteiger partial charge on any atom is 0.0760 e. The van der Waals surface area contributed by atoms with Crippen LogP contribution in [-0.4, -0.2) is 48.8 Å². The number of ether oxygens (including phenoxy) is 1. The lowest BCUT2D eigenvalue weighted by Crippen LogP contribution is -2.60. The summed E-state index contributed by atoms with van der Waals surface area (Å²) >= 11 is 0. The van der Waals surface area contributed by atoms with E-state index < -0.39 is 0 Å². The van der Waals surface area contributed by atoms with Gasteiger partial charge in [0.1, 0.15) is 0 Å². The Hall–Kier alpha value is -0.120. The molecule has 0 spiro atoms. The molecule has 0 aromatic rings. The minimum atomic E-state index is -0.0305. The van der Waals surface area contributed by atoms with Crippen molar-refractivity contribution < 1.29 is 4.74 Å². The minimum absolute atomic E-state index is 0.0305.